The Hall–Kier alpha value is -1.55. The van der Waals surface area contributed by atoms with E-state index in [2.05, 4.69) is 19.8 Å². The van der Waals surface area contributed by atoms with Gasteiger partial charge in [-0.2, -0.15) is 15.0 Å². The van der Waals surface area contributed by atoms with Crippen LogP contribution in [0.15, 0.2) is 23.1 Å². The molecule has 2 aromatic rings. The van der Waals surface area contributed by atoms with Gasteiger partial charge in [-0.3, -0.25) is 0 Å². The van der Waals surface area contributed by atoms with Crippen LogP contribution in [-0.4, -0.2) is 68.2 Å². The first-order chi connectivity index (χ1) is 12.0. The minimum absolute atomic E-state index is 0.185. The van der Waals surface area contributed by atoms with E-state index >= 15 is 0 Å². The molecule has 1 aliphatic rings. The zero-order chi connectivity index (χ0) is 17.9. The Balaban J connectivity index is 1.67. The van der Waals surface area contributed by atoms with Gasteiger partial charge in [-0.25, -0.2) is 13.1 Å². The van der Waals surface area contributed by atoms with Crippen LogP contribution in [0.3, 0.4) is 0 Å². The number of piperidine rings is 1. The van der Waals surface area contributed by atoms with Crippen molar-refractivity contribution >= 4 is 21.1 Å². The molecule has 0 saturated carbocycles. The third-order valence-corrected chi connectivity index (χ3v) is 6.00. The highest BCUT2D eigenvalue weighted by molar-refractivity contribution is 7.89. The molecule has 1 fully saturated rings. The summed E-state index contributed by atoms with van der Waals surface area (Å²) in [7, 11) is -0.238. The van der Waals surface area contributed by atoms with Crippen LogP contribution in [0.4, 0.5) is 0 Å². The van der Waals surface area contributed by atoms with Crippen LogP contribution in [0.1, 0.15) is 12.8 Å². The number of rotatable bonds is 7. The highest BCUT2D eigenvalue weighted by Gasteiger charge is 2.24. The van der Waals surface area contributed by atoms with Crippen LogP contribution in [0.2, 0.25) is 0 Å². The van der Waals surface area contributed by atoms with Crippen molar-refractivity contribution in [2.75, 3.05) is 39.9 Å². The summed E-state index contributed by atoms with van der Waals surface area (Å²) in [5, 5.41) is 8.35. The molecule has 9 heteroatoms. The van der Waals surface area contributed by atoms with Crippen LogP contribution in [-0.2, 0) is 21.8 Å². The van der Waals surface area contributed by atoms with Gasteiger partial charge in [0.05, 0.1) is 6.61 Å². The molecule has 2 heterocycles. The molecule has 0 aliphatic carbocycles. The molecule has 0 radical (unpaired) electrons. The minimum atomic E-state index is -3.62. The maximum absolute atomic E-state index is 12.7. The Labute approximate surface area is 148 Å². The van der Waals surface area contributed by atoms with Gasteiger partial charge >= 0.3 is 0 Å². The summed E-state index contributed by atoms with van der Waals surface area (Å²) >= 11 is 0. The fraction of sp³-hybridized carbons (Fsp3) is 0.625. The average molecular weight is 367 g/mol. The number of fused-ring (bicyclic) bond motifs is 1. The molecule has 0 amide bonds. The van der Waals surface area contributed by atoms with E-state index in [4.69, 9.17) is 4.74 Å². The van der Waals surface area contributed by atoms with Crippen LogP contribution >= 0.6 is 0 Å². The number of aryl methyl sites for hydroxylation is 1. The van der Waals surface area contributed by atoms with E-state index in [1.807, 2.05) is 0 Å². The molecule has 1 N–H and O–H groups in total. The second kappa shape index (κ2) is 7.77. The van der Waals surface area contributed by atoms with Crippen molar-refractivity contribution in [1.82, 2.24) is 24.6 Å². The topological polar surface area (TPSA) is 89.4 Å². The maximum atomic E-state index is 12.7. The van der Waals surface area contributed by atoms with Gasteiger partial charge in [0.2, 0.25) is 10.0 Å². The van der Waals surface area contributed by atoms with Crippen molar-refractivity contribution in [3.05, 3.63) is 18.2 Å². The van der Waals surface area contributed by atoms with Crippen molar-refractivity contribution in [2.45, 2.75) is 17.7 Å². The molecule has 8 nitrogen and oxygen atoms in total. The highest BCUT2D eigenvalue weighted by Crippen LogP contribution is 2.21. The zero-order valence-corrected chi connectivity index (χ0v) is 15.5. The fourth-order valence-electron chi connectivity index (χ4n) is 3.28. The van der Waals surface area contributed by atoms with Crippen LogP contribution in [0.5, 0.6) is 0 Å². The SMILES string of the molecule is COCCN1CCC[C@H](CNS(=O)(=O)c2cccc3nn(C)nc23)C1. The van der Waals surface area contributed by atoms with Crippen molar-refractivity contribution < 1.29 is 13.2 Å². The monoisotopic (exact) mass is 367 g/mol. The van der Waals surface area contributed by atoms with Crippen molar-refractivity contribution in [1.29, 1.82) is 0 Å². The van der Waals surface area contributed by atoms with E-state index in [9.17, 15) is 8.42 Å². The number of hydrogen-bond donors (Lipinski definition) is 1. The molecular weight excluding hydrogens is 342 g/mol. The molecule has 3 rings (SSSR count). The Morgan fingerprint density at radius 2 is 2.20 bits per heavy atom. The molecular formula is C16H25N5O3S. The number of ether oxygens (including phenoxy) is 1. The van der Waals surface area contributed by atoms with E-state index in [1.165, 1.54) is 4.80 Å². The quantitative estimate of drug-likeness (QED) is 0.771. The van der Waals surface area contributed by atoms with Gasteiger partial charge in [-0.1, -0.05) is 6.07 Å². The molecule has 138 valence electrons. The minimum Gasteiger partial charge on any atom is -0.383 e. The lowest BCUT2D eigenvalue weighted by atomic mass is 9.98. The number of benzene rings is 1. The van der Waals surface area contributed by atoms with Crippen LogP contribution in [0.25, 0.3) is 11.0 Å². The normalized spacial score (nSPS) is 19.5. The molecule has 25 heavy (non-hydrogen) atoms. The van der Waals surface area contributed by atoms with Gasteiger partial charge in [0.25, 0.3) is 0 Å². The predicted octanol–water partition coefficient (Wildman–Crippen LogP) is 0.605. The first-order valence-electron chi connectivity index (χ1n) is 8.50. The molecule has 1 saturated heterocycles. The lowest BCUT2D eigenvalue weighted by molar-refractivity contribution is 0.115. The number of likely N-dealkylation sites (tertiary alicyclic amines) is 1. The molecule has 1 atom stereocenters. The largest absolute Gasteiger partial charge is 0.383 e. The van der Waals surface area contributed by atoms with Gasteiger partial charge in [-0.15, -0.1) is 0 Å². The van der Waals surface area contributed by atoms with Crippen LogP contribution in [0, 0.1) is 5.92 Å². The highest BCUT2D eigenvalue weighted by atomic mass is 32.2. The third-order valence-electron chi connectivity index (χ3n) is 4.54. The summed E-state index contributed by atoms with van der Waals surface area (Å²) < 4.78 is 33.3. The molecule has 1 aliphatic heterocycles. The second-order valence-electron chi connectivity index (χ2n) is 6.47. The predicted molar refractivity (Wildman–Crippen MR) is 94.7 cm³/mol. The number of nitrogens with zero attached hydrogens (tertiary/aromatic N) is 4. The zero-order valence-electron chi connectivity index (χ0n) is 14.7. The molecule has 0 unspecified atom stereocenters. The summed E-state index contributed by atoms with van der Waals surface area (Å²) in [6.07, 6.45) is 2.11. The average Bonchev–Trinajstić information content (AvgIpc) is 2.98. The standard InChI is InChI=1S/C16H25N5O3S/c1-20-18-14-6-3-7-15(16(14)19-20)25(22,23)17-11-13-5-4-8-21(12-13)9-10-24-2/h3,6-7,13,17H,4-5,8-12H2,1-2H3/t13-/m1/s1. The number of methoxy groups -OCH3 is 1. The van der Waals surface area contributed by atoms with Gasteiger partial charge in [-0.05, 0) is 37.4 Å². The fourth-order valence-corrected chi connectivity index (χ4v) is 4.55. The lowest BCUT2D eigenvalue weighted by Gasteiger charge is -2.32. The number of nitrogens with one attached hydrogen (secondary N) is 1. The van der Waals surface area contributed by atoms with Gasteiger partial charge in [0.1, 0.15) is 15.9 Å². The summed E-state index contributed by atoms with van der Waals surface area (Å²) in [4.78, 5) is 3.90. The van der Waals surface area contributed by atoms with E-state index in [0.29, 0.717) is 30.1 Å². The van der Waals surface area contributed by atoms with Crippen molar-refractivity contribution in [2.24, 2.45) is 13.0 Å². The summed E-state index contributed by atoms with van der Waals surface area (Å²) in [5.41, 5.74) is 0.983. The first kappa shape index (κ1) is 18.2. The number of aromatic nitrogens is 3. The van der Waals surface area contributed by atoms with Crippen LogP contribution < -0.4 is 4.72 Å². The van der Waals surface area contributed by atoms with Gasteiger partial charge in [0, 0.05) is 33.8 Å². The lowest BCUT2D eigenvalue weighted by Crippen LogP contribution is -2.42. The Morgan fingerprint density at radius 1 is 1.36 bits per heavy atom. The van der Waals surface area contributed by atoms with E-state index in [0.717, 1.165) is 32.5 Å². The van der Waals surface area contributed by atoms with Gasteiger partial charge < -0.3 is 9.64 Å². The second-order valence-corrected chi connectivity index (χ2v) is 8.20. The van der Waals surface area contributed by atoms with Gasteiger partial charge in [0.15, 0.2) is 0 Å². The van der Waals surface area contributed by atoms with E-state index in [-0.39, 0.29) is 4.90 Å². The van der Waals surface area contributed by atoms with Crippen molar-refractivity contribution in [3.63, 3.8) is 0 Å². The smallest absolute Gasteiger partial charge is 0.242 e. The summed E-state index contributed by atoms with van der Waals surface area (Å²) in [5.74, 6) is 0.307. The number of sulfonamides is 1. The molecule has 1 aromatic carbocycles. The number of hydrogen-bond acceptors (Lipinski definition) is 6. The first-order valence-corrected chi connectivity index (χ1v) is 9.99. The van der Waals surface area contributed by atoms with E-state index < -0.39 is 10.0 Å². The Kier molecular flexibility index (Phi) is 5.67. The molecule has 0 spiro atoms. The van der Waals surface area contributed by atoms with E-state index in [1.54, 1.807) is 32.4 Å². The summed E-state index contributed by atoms with van der Waals surface area (Å²) in [6.45, 7) is 3.96. The molecule has 0 bridgehead atoms. The Bertz CT molecular complexity index is 820. The maximum Gasteiger partial charge on any atom is 0.242 e. The Morgan fingerprint density at radius 3 is 3.00 bits per heavy atom. The molecule has 1 aromatic heterocycles. The summed E-state index contributed by atoms with van der Waals surface area (Å²) in [6, 6.07) is 5.03. The van der Waals surface area contributed by atoms with Crippen molar-refractivity contribution in [3.8, 4) is 0 Å². The third kappa shape index (κ3) is 4.35.